The van der Waals surface area contributed by atoms with E-state index >= 15 is 0 Å². The molecule has 5 heteroatoms. The molecule has 2 aromatic carbocycles. The number of hydrogen-bond donors (Lipinski definition) is 1. The maximum Gasteiger partial charge on any atom is 0.367 e. The quantitative estimate of drug-likeness (QED) is 0.574. The minimum atomic E-state index is -0.412. The fraction of sp³-hybridized carbons (Fsp3) is 0.111. The van der Waals surface area contributed by atoms with E-state index in [0.717, 1.165) is 16.8 Å². The highest BCUT2D eigenvalue weighted by Gasteiger charge is 2.19. The van der Waals surface area contributed by atoms with Crippen molar-refractivity contribution in [3.05, 3.63) is 76.1 Å². The van der Waals surface area contributed by atoms with Crippen LogP contribution in [0.25, 0.3) is 11.3 Å². The Morgan fingerprint density at radius 3 is 2.43 bits per heavy atom. The Bertz CT molecular complexity index is 877. The lowest BCUT2D eigenvalue weighted by Gasteiger charge is -2.04. The van der Waals surface area contributed by atoms with Crippen LogP contribution in [0.15, 0.2) is 68.9 Å². The fourth-order valence-electron chi connectivity index (χ4n) is 2.24. The number of benzene rings is 2. The minimum absolute atomic E-state index is 0.412. The summed E-state index contributed by atoms with van der Waals surface area (Å²) in [6, 6.07) is 17.5. The molecule has 0 radical (unpaired) electrons. The molecule has 0 bridgehead atoms. The van der Waals surface area contributed by atoms with E-state index in [1.54, 1.807) is 0 Å². The highest BCUT2D eigenvalue weighted by molar-refractivity contribution is 8.13. The van der Waals surface area contributed by atoms with Gasteiger partial charge in [0.1, 0.15) is 10.6 Å². The van der Waals surface area contributed by atoms with Crippen LogP contribution in [0, 0.1) is 6.92 Å². The second-order valence-electron chi connectivity index (χ2n) is 5.06. The number of H-pyrrole nitrogens is 1. The molecule has 1 heterocycles. The molecule has 0 aliphatic heterocycles. The zero-order chi connectivity index (χ0) is 16.2. The van der Waals surface area contributed by atoms with Gasteiger partial charge in [0.25, 0.3) is 0 Å². The van der Waals surface area contributed by atoms with Gasteiger partial charge in [-0.3, -0.25) is 0 Å². The number of aromatic amines is 1. The van der Waals surface area contributed by atoms with Crippen LogP contribution in [0.1, 0.15) is 11.1 Å². The third-order valence-electron chi connectivity index (χ3n) is 3.43. The molecule has 0 aliphatic rings. The van der Waals surface area contributed by atoms with Crippen LogP contribution >= 0.6 is 11.8 Å². The van der Waals surface area contributed by atoms with E-state index in [1.165, 1.54) is 11.8 Å². The Hall–Kier alpha value is -2.53. The molecule has 116 valence electrons. The van der Waals surface area contributed by atoms with Crippen molar-refractivity contribution in [2.45, 2.75) is 6.92 Å². The summed E-state index contributed by atoms with van der Waals surface area (Å²) in [5, 5.41) is 3.36. The number of nitrogens with zero attached hydrogens (tertiary/aromatic N) is 1. The largest absolute Gasteiger partial charge is 0.367 e. The summed E-state index contributed by atoms with van der Waals surface area (Å²) in [4.78, 5) is 16.8. The van der Waals surface area contributed by atoms with Crippen molar-refractivity contribution in [1.82, 2.24) is 5.16 Å². The van der Waals surface area contributed by atoms with Crippen molar-refractivity contribution in [1.29, 1.82) is 0 Å². The Kier molecular flexibility index (Phi) is 4.48. The smallest absolute Gasteiger partial charge is 0.338 e. The molecule has 0 fully saturated rings. The summed E-state index contributed by atoms with van der Waals surface area (Å²) in [7, 11) is 0. The maximum atomic E-state index is 12.2. The average molecular weight is 324 g/mol. The van der Waals surface area contributed by atoms with Crippen molar-refractivity contribution in [3.8, 4) is 11.3 Å². The van der Waals surface area contributed by atoms with Crippen LogP contribution in [-0.4, -0.2) is 16.5 Å². The first-order valence-electron chi connectivity index (χ1n) is 7.15. The van der Waals surface area contributed by atoms with E-state index in [4.69, 9.17) is 4.52 Å². The summed E-state index contributed by atoms with van der Waals surface area (Å²) in [5.41, 5.74) is 3.55. The third kappa shape index (κ3) is 3.29. The summed E-state index contributed by atoms with van der Waals surface area (Å²) in [6.07, 6.45) is 1.90. The van der Waals surface area contributed by atoms with E-state index < -0.39 is 5.63 Å². The number of hydrogen-bond acceptors (Lipinski definition) is 4. The van der Waals surface area contributed by atoms with Crippen LogP contribution in [0.4, 0.5) is 5.69 Å². The molecule has 0 saturated heterocycles. The Balaban J connectivity index is 2.12. The van der Waals surface area contributed by atoms with Crippen LogP contribution in [0.2, 0.25) is 0 Å². The summed E-state index contributed by atoms with van der Waals surface area (Å²) >= 11 is 1.42. The van der Waals surface area contributed by atoms with Crippen molar-refractivity contribution in [2.75, 3.05) is 6.26 Å². The van der Waals surface area contributed by atoms with E-state index in [9.17, 15) is 4.79 Å². The van der Waals surface area contributed by atoms with E-state index in [0.29, 0.717) is 16.3 Å². The van der Waals surface area contributed by atoms with Gasteiger partial charge in [-0.25, -0.2) is 14.9 Å². The normalized spacial score (nSPS) is 11.7. The van der Waals surface area contributed by atoms with Gasteiger partial charge >= 0.3 is 5.63 Å². The van der Waals surface area contributed by atoms with Gasteiger partial charge in [0.05, 0.1) is 11.4 Å². The molecular formula is C18H16N2O2S. The second kappa shape index (κ2) is 6.71. The van der Waals surface area contributed by atoms with Crippen molar-refractivity contribution < 1.29 is 4.52 Å². The van der Waals surface area contributed by atoms with Crippen LogP contribution in [0.5, 0.6) is 0 Å². The van der Waals surface area contributed by atoms with Gasteiger partial charge in [0.15, 0.2) is 0 Å². The molecule has 3 rings (SSSR count). The standard InChI is InChI=1S/C18H16N2O2S/c1-12-8-10-13(11-9-12)16-15(18(21)22-20-16)17(23-2)19-14-6-4-3-5-7-14/h3-11,20H,1-2H3. The van der Waals surface area contributed by atoms with Crippen molar-refractivity contribution in [3.63, 3.8) is 0 Å². The molecule has 3 aromatic rings. The first-order valence-corrected chi connectivity index (χ1v) is 8.38. The monoisotopic (exact) mass is 324 g/mol. The molecule has 1 aromatic heterocycles. The van der Waals surface area contributed by atoms with E-state index in [-0.39, 0.29) is 0 Å². The summed E-state index contributed by atoms with van der Waals surface area (Å²) < 4.78 is 5.03. The van der Waals surface area contributed by atoms with E-state index in [2.05, 4.69) is 10.1 Å². The minimum Gasteiger partial charge on any atom is -0.338 e. The maximum absolute atomic E-state index is 12.2. The average Bonchev–Trinajstić information content (AvgIpc) is 2.96. The Labute approximate surface area is 138 Å². The molecule has 4 nitrogen and oxygen atoms in total. The molecule has 0 unspecified atom stereocenters. The zero-order valence-electron chi connectivity index (χ0n) is 12.9. The number of aliphatic imine (C=N–C) groups is 1. The fourth-order valence-corrected chi connectivity index (χ4v) is 2.83. The SMILES string of the molecule is CSC(=Nc1ccccc1)c1c(-c2ccc(C)cc2)[nH]oc1=O. The van der Waals surface area contributed by atoms with Gasteiger partial charge in [0, 0.05) is 5.56 Å². The first kappa shape index (κ1) is 15.4. The van der Waals surface area contributed by atoms with Crippen LogP contribution in [0.3, 0.4) is 0 Å². The number of aryl methyl sites for hydroxylation is 1. The number of nitrogens with one attached hydrogen (secondary N) is 1. The molecule has 23 heavy (non-hydrogen) atoms. The number of aromatic nitrogens is 1. The Morgan fingerprint density at radius 1 is 1.09 bits per heavy atom. The molecule has 0 amide bonds. The molecule has 0 saturated carbocycles. The number of para-hydroxylation sites is 1. The lowest BCUT2D eigenvalue weighted by Crippen LogP contribution is -2.08. The van der Waals surface area contributed by atoms with Crippen molar-refractivity contribution >= 4 is 22.5 Å². The van der Waals surface area contributed by atoms with Crippen LogP contribution < -0.4 is 5.63 Å². The summed E-state index contributed by atoms with van der Waals surface area (Å²) in [6.45, 7) is 2.02. The molecular weight excluding hydrogens is 308 g/mol. The van der Waals surface area contributed by atoms with Gasteiger partial charge in [-0.15, -0.1) is 11.8 Å². The molecule has 0 atom stereocenters. The predicted molar refractivity (Wildman–Crippen MR) is 95.7 cm³/mol. The van der Waals surface area contributed by atoms with E-state index in [1.807, 2.05) is 67.8 Å². The first-order chi connectivity index (χ1) is 11.2. The van der Waals surface area contributed by atoms with Gasteiger partial charge in [-0.1, -0.05) is 48.0 Å². The van der Waals surface area contributed by atoms with Gasteiger partial charge in [0.2, 0.25) is 0 Å². The van der Waals surface area contributed by atoms with Crippen LogP contribution in [-0.2, 0) is 0 Å². The molecule has 1 N–H and O–H groups in total. The number of thioether (sulfide) groups is 1. The zero-order valence-corrected chi connectivity index (χ0v) is 13.7. The Morgan fingerprint density at radius 2 is 1.78 bits per heavy atom. The highest BCUT2D eigenvalue weighted by atomic mass is 32.2. The van der Waals surface area contributed by atoms with Gasteiger partial charge in [-0.2, -0.15) is 0 Å². The third-order valence-corrected chi connectivity index (χ3v) is 4.12. The topological polar surface area (TPSA) is 58.4 Å². The highest BCUT2D eigenvalue weighted by Crippen LogP contribution is 2.25. The molecule has 0 aliphatic carbocycles. The second-order valence-corrected chi connectivity index (χ2v) is 5.86. The van der Waals surface area contributed by atoms with Crippen molar-refractivity contribution in [2.24, 2.45) is 4.99 Å². The summed E-state index contributed by atoms with van der Waals surface area (Å²) in [5.74, 6) is 0. The lowest BCUT2D eigenvalue weighted by molar-refractivity contribution is 0.393. The molecule has 0 spiro atoms. The number of rotatable bonds is 3. The lowest BCUT2D eigenvalue weighted by atomic mass is 10.1. The predicted octanol–water partition coefficient (Wildman–Crippen LogP) is 4.38. The van der Waals surface area contributed by atoms with Gasteiger partial charge in [-0.05, 0) is 25.3 Å². The van der Waals surface area contributed by atoms with Gasteiger partial charge < -0.3 is 4.52 Å².